The second kappa shape index (κ2) is 4.78. The van der Waals surface area contributed by atoms with Gasteiger partial charge in [0.15, 0.2) is 0 Å². The standard InChI is InChI=1S/C14H12BrNS2/c1-8-6-11(18-14(8)15)13(16)12-7-9-4-2-3-5-10(9)17-12/h2-7,13H,16H2,1H3. The van der Waals surface area contributed by atoms with Gasteiger partial charge in [0.25, 0.3) is 0 Å². The summed E-state index contributed by atoms with van der Waals surface area (Å²) in [6, 6.07) is 12.8. The first kappa shape index (κ1) is 12.4. The molecule has 18 heavy (non-hydrogen) atoms. The van der Waals surface area contributed by atoms with Crippen molar-refractivity contribution in [2.75, 3.05) is 0 Å². The molecule has 0 amide bonds. The van der Waals surface area contributed by atoms with Crippen LogP contribution in [0.2, 0.25) is 0 Å². The van der Waals surface area contributed by atoms with Gasteiger partial charge in [0.2, 0.25) is 0 Å². The Morgan fingerprint density at radius 3 is 2.50 bits per heavy atom. The number of fused-ring (bicyclic) bond motifs is 1. The summed E-state index contributed by atoms with van der Waals surface area (Å²) in [7, 11) is 0. The molecular weight excluding hydrogens is 326 g/mol. The summed E-state index contributed by atoms with van der Waals surface area (Å²) in [6.45, 7) is 2.10. The lowest BCUT2D eigenvalue weighted by atomic mass is 10.1. The highest BCUT2D eigenvalue weighted by Crippen LogP contribution is 2.37. The Morgan fingerprint density at radius 1 is 1.11 bits per heavy atom. The van der Waals surface area contributed by atoms with Crippen LogP contribution >= 0.6 is 38.6 Å². The van der Waals surface area contributed by atoms with Crippen LogP contribution in [0.4, 0.5) is 0 Å². The van der Waals surface area contributed by atoms with Crippen LogP contribution in [0, 0.1) is 6.92 Å². The molecule has 0 bridgehead atoms. The van der Waals surface area contributed by atoms with E-state index in [0.29, 0.717) is 0 Å². The van der Waals surface area contributed by atoms with Gasteiger partial charge in [0, 0.05) is 14.5 Å². The number of benzene rings is 1. The summed E-state index contributed by atoms with van der Waals surface area (Å²) in [5.74, 6) is 0. The van der Waals surface area contributed by atoms with Crippen LogP contribution < -0.4 is 5.73 Å². The molecule has 0 aliphatic carbocycles. The second-order valence-electron chi connectivity index (χ2n) is 4.27. The third kappa shape index (κ3) is 2.14. The van der Waals surface area contributed by atoms with E-state index < -0.39 is 0 Å². The molecular formula is C14H12BrNS2. The lowest BCUT2D eigenvalue weighted by Gasteiger charge is -2.05. The predicted octanol–water partition coefficient (Wildman–Crippen LogP) is 5.08. The molecule has 0 radical (unpaired) electrons. The maximum atomic E-state index is 6.36. The minimum atomic E-state index is -0.0163. The summed E-state index contributed by atoms with van der Waals surface area (Å²) >= 11 is 7.07. The van der Waals surface area contributed by atoms with Crippen molar-refractivity contribution in [2.24, 2.45) is 5.73 Å². The maximum absolute atomic E-state index is 6.36. The molecule has 92 valence electrons. The van der Waals surface area contributed by atoms with Gasteiger partial charge in [-0.05, 0) is 52.0 Å². The molecule has 2 heterocycles. The van der Waals surface area contributed by atoms with E-state index in [0.717, 1.165) is 0 Å². The molecule has 0 fully saturated rings. The molecule has 2 aromatic heterocycles. The first-order chi connectivity index (χ1) is 8.65. The Bertz CT molecular complexity index is 646. The van der Waals surface area contributed by atoms with E-state index in [4.69, 9.17) is 5.73 Å². The monoisotopic (exact) mass is 337 g/mol. The van der Waals surface area contributed by atoms with Gasteiger partial charge in [-0.2, -0.15) is 0 Å². The van der Waals surface area contributed by atoms with Gasteiger partial charge in [-0.3, -0.25) is 0 Å². The Labute approximate surface area is 122 Å². The van der Waals surface area contributed by atoms with E-state index in [1.807, 2.05) is 0 Å². The molecule has 0 spiro atoms. The van der Waals surface area contributed by atoms with E-state index in [-0.39, 0.29) is 6.04 Å². The molecule has 1 nitrogen and oxygen atoms in total. The summed E-state index contributed by atoms with van der Waals surface area (Å²) in [4.78, 5) is 2.44. The van der Waals surface area contributed by atoms with Crippen molar-refractivity contribution in [3.63, 3.8) is 0 Å². The molecule has 3 rings (SSSR count). The van der Waals surface area contributed by atoms with Gasteiger partial charge >= 0.3 is 0 Å². The van der Waals surface area contributed by atoms with Gasteiger partial charge in [-0.15, -0.1) is 22.7 Å². The zero-order valence-corrected chi connectivity index (χ0v) is 13.0. The van der Waals surface area contributed by atoms with E-state index >= 15 is 0 Å². The van der Waals surface area contributed by atoms with Crippen molar-refractivity contribution in [1.29, 1.82) is 0 Å². The van der Waals surface area contributed by atoms with Crippen LogP contribution in [0.3, 0.4) is 0 Å². The molecule has 2 N–H and O–H groups in total. The third-order valence-corrected chi connectivity index (χ3v) is 6.35. The second-order valence-corrected chi connectivity index (χ2v) is 7.79. The van der Waals surface area contributed by atoms with Crippen LogP contribution in [-0.4, -0.2) is 0 Å². The molecule has 3 aromatic rings. The number of rotatable bonds is 2. The molecule has 1 unspecified atom stereocenters. The van der Waals surface area contributed by atoms with Crippen molar-refractivity contribution in [3.05, 3.63) is 55.5 Å². The topological polar surface area (TPSA) is 26.0 Å². The summed E-state index contributed by atoms with van der Waals surface area (Å²) in [5, 5.41) is 1.28. The molecule has 0 aliphatic rings. The highest BCUT2D eigenvalue weighted by molar-refractivity contribution is 9.11. The van der Waals surface area contributed by atoms with Crippen LogP contribution in [0.15, 0.2) is 40.2 Å². The fraction of sp³-hybridized carbons (Fsp3) is 0.143. The Morgan fingerprint density at radius 2 is 1.83 bits per heavy atom. The maximum Gasteiger partial charge on any atom is 0.0740 e. The Kier molecular flexibility index (Phi) is 3.28. The van der Waals surface area contributed by atoms with Crippen LogP contribution in [0.5, 0.6) is 0 Å². The summed E-state index contributed by atoms with van der Waals surface area (Å²) in [5.41, 5.74) is 7.62. The van der Waals surface area contributed by atoms with Gasteiger partial charge in [0.1, 0.15) is 0 Å². The van der Waals surface area contributed by atoms with E-state index in [1.165, 1.54) is 29.2 Å². The average molecular weight is 338 g/mol. The number of thiophene rings is 2. The molecule has 4 heteroatoms. The van der Waals surface area contributed by atoms with Crippen LogP contribution in [0.25, 0.3) is 10.1 Å². The van der Waals surface area contributed by atoms with Gasteiger partial charge in [-0.25, -0.2) is 0 Å². The minimum absolute atomic E-state index is 0.0163. The summed E-state index contributed by atoms with van der Waals surface area (Å²) in [6.07, 6.45) is 0. The molecule has 0 saturated heterocycles. The van der Waals surface area contributed by atoms with Gasteiger partial charge in [-0.1, -0.05) is 18.2 Å². The number of hydrogen-bond acceptors (Lipinski definition) is 3. The molecule has 0 saturated carbocycles. The normalized spacial score (nSPS) is 13.1. The quantitative estimate of drug-likeness (QED) is 0.693. The SMILES string of the molecule is Cc1cc(C(N)c2cc3ccccc3s2)sc1Br. The lowest BCUT2D eigenvalue weighted by Crippen LogP contribution is -2.07. The van der Waals surface area contributed by atoms with Crippen molar-refractivity contribution in [3.8, 4) is 0 Å². The average Bonchev–Trinajstić information content (AvgIpc) is 2.93. The van der Waals surface area contributed by atoms with Crippen molar-refractivity contribution in [2.45, 2.75) is 13.0 Å². The lowest BCUT2D eigenvalue weighted by molar-refractivity contribution is 0.917. The number of nitrogens with two attached hydrogens (primary N) is 1. The molecule has 0 aliphatic heterocycles. The van der Waals surface area contributed by atoms with Crippen molar-refractivity contribution >= 4 is 48.7 Å². The number of aryl methyl sites for hydroxylation is 1. The fourth-order valence-electron chi connectivity index (χ4n) is 1.93. The van der Waals surface area contributed by atoms with E-state index in [9.17, 15) is 0 Å². The highest BCUT2D eigenvalue weighted by Gasteiger charge is 2.15. The van der Waals surface area contributed by atoms with E-state index in [1.54, 1.807) is 22.7 Å². The summed E-state index contributed by atoms with van der Waals surface area (Å²) < 4.78 is 2.48. The van der Waals surface area contributed by atoms with Crippen molar-refractivity contribution < 1.29 is 0 Å². The zero-order chi connectivity index (χ0) is 12.7. The predicted molar refractivity (Wildman–Crippen MR) is 84.6 cm³/mol. The molecule has 1 atom stereocenters. The van der Waals surface area contributed by atoms with Crippen LogP contribution in [0.1, 0.15) is 21.4 Å². The smallest absolute Gasteiger partial charge is 0.0740 e. The molecule has 1 aromatic carbocycles. The van der Waals surface area contributed by atoms with Crippen LogP contribution in [-0.2, 0) is 0 Å². The third-order valence-electron chi connectivity index (χ3n) is 2.93. The Balaban J connectivity index is 2.03. The highest BCUT2D eigenvalue weighted by atomic mass is 79.9. The minimum Gasteiger partial charge on any atom is -0.319 e. The number of hydrogen-bond donors (Lipinski definition) is 1. The number of halogens is 1. The Hall–Kier alpha value is -0.680. The van der Waals surface area contributed by atoms with E-state index in [2.05, 4.69) is 59.3 Å². The zero-order valence-electron chi connectivity index (χ0n) is 9.81. The first-order valence-electron chi connectivity index (χ1n) is 5.65. The first-order valence-corrected chi connectivity index (χ1v) is 8.07. The van der Waals surface area contributed by atoms with Gasteiger partial charge < -0.3 is 5.73 Å². The fourth-order valence-corrected chi connectivity index (χ4v) is 4.68. The van der Waals surface area contributed by atoms with Gasteiger partial charge in [0.05, 0.1) is 9.83 Å². The van der Waals surface area contributed by atoms with Crippen molar-refractivity contribution in [1.82, 2.24) is 0 Å². The largest absolute Gasteiger partial charge is 0.319 e.